The minimum atomic E-state index is 0.373. The Morgan fingerprint density at radius 2 is 2.00 bits per heavy atom. The van der Waals surface area contributed by atoms with Crippen LogP contribution in [-0.4, -0.2) is 43.7 Å². The van der Waals surface area contributed by atoms with Gasteiger partial charge in [-0.2, -0.15) is 0 Å². The third kappa shape index (κ3) is 6.24. The lowest BCUT2D eigenvalue weighted by molar-refractivity contribution is 0.593. The van der Waals surface area contributed by atoms with Gasteiger partial charge in [-0.25, -0.2) is 4.98 Å². The van der Waals surface area contributed by atoms with Gasteiger partial charge < -0.3 is 15.5 Å². The van der Waals surface area contributed by atoms with Gasteiger partial charge >= 0.3 is 0 Å². The van der Waals surface area contributed by atoms with E-state index in [4.69, 9.17) is 4.98 Å². The Morgan fingerprint density at radius 1 is 1.22 bits per heavy atom. The molecule has 2 aromatic rings. The molecule has 146 valence electrons. The summed E-state index contributed by atoms with van der Waals surface area (Å²) >= 11 is 1.77. The molecule has 3 rings (SSSR count). The molecule has 0 spiro atoms. The lowest BCUT2D eigenvalue weighted by atomic mass is 10.1. The van der Waals surface area contributed by atoms with Crippen molar-refractivity contribution in [2.75, 3.05) is 31.6 Å². The number of nitrogens with one attached hydrogen (secondary N) is 2. The third-order valence-corrected chi connectivity index (χ3v) is 5.86. The van der Waals surface area contributed by atoms with E-state index in [1.807, 2.05) is 7.05 Å². The number of benzene rings is 1. The highest BCUT2D eigenvalue weighted by atomic mass is 32.1. The average molecular weight is 386 g/mol. The van der Waals surface area contributed by atoms with E-state index in [2.05, 4.69) is 63.2 Å². The molecule has 1 aromatic heterocycles. The topological polar surface area (TPSA) is 52.6 Å². The molecule has 27 heavy (non-hydrogen) atoms. The van der Waals surface area contributed by atoms with Gasteiger partial charge in [0.2, 0.25) is 0 Å². The van der Waals surface area contributed by atoms with Crippen molar-refractivity contribution in [2.45, 2.75) is 45.1 Å². The maximum absolute atomic E-state index is 4.78. The largest absolute Gasteiger partial charge is 0.356 e. The number of hydrogen-bond acceptors (Lipinski definition) is 4. The zero-order valence-corrected chi connectivity index (χ0v) is 17.3. The van der Waals surface area contributed by atoms with Gasteiger partial charge in [-0.05, 0) is 38.2 Å². The smallest absolute Gasteiger partial charge is 0.191 e. The predicted octanol–water partition coefficient (Wildman–Crippen LogP) is 3.47. The Morgan fingerprint density at radius 3 is 2.74 bits per heavy atom. The molecule has 2 N–H and O–H groups in total. The Kier molecular flexibility index (Phi) is 7.51. The number of anilines is 1. The first-order valence-electron chi connectivity index (χ1n) is 9.95. The van der Waals surface area contributed by atoms with Gasteiger partial charge in [0.05, 0.1) is 5.69 Å². The molecule has 1 saturated heterocycles. The summed E-state index contributed by atoms with van der Waals surface area (Å²) in [6, 6.07) is 11.0. The number of aliphatic imine (C=N–C) groups is 1. The molecule has 0 aliphatic carbocycles. The molecule has 1 aliphatic heterocycles. The minimum Gasteiger partial charge on any atom is -0.356 e. The zero-order valence-electron chi connectivity index (χ0n) is 16.4. The van der Waals surface area contributed by atoms with Gasteiger partial charge in [-0.15, -0.1) is 11.3 Å². The number of nitrogens with zero attached hydrogens (tertiary/aromatic N) is 3. The van der Waals surface area contributed by atoms with E-state index in [1.165, 1.54) is 29.2 Å². The fraction of sp³-hybridized carbons (Fsp3) is 0.524. The molecule has 1 aromatic carbocycles. The highest BCUT2D eigenvalue weighted by Gasteiger charge is 2.15. The van der Waals surface area contributed by atoms with E-state index in [1.54, 1.807) is 11.3 Å². The summed E-state index contributed by atoms with van der Waals surface area (Å²) in [6.45, 7) is 5.36. The van der Waals surface area contributed by atoms with Gasteiger partial charge in [0, 0.05) is 44.5 Å². The summed E-state index contributed by atoms with van der Waals surface area (Å²) in [5, 5.41) is 10.3. The van der Waals surface area contributed by atoms with Gasteiger partial charge in [0.25, 0.3) is 0 Å². The quantitative estimate of drug-likeness (QED) is 0.540. The number of thiazole rings is 1. The summed E-state index contributed by atoms with van der Waals surface area (Å²) in [6.07, 6.45) is 5.66. The van der Waals surface area contributed by atoms with Crippen LogP contribution in [0.25, 0.3) is 0 Å². The van der Waals surface area contributed by atoms with Crippen molar-refractivity contribution in [3.05, 3.63) is 47.0 Å². The van der Waals surface area contributed by atoms with Gasteiger partial charge in [-0.1, -0.05) is 30.3 Å². The number of rotatable bonds is 8. The summed E-state index contributed by atoms with van der Waals surface area (Å²) in [5.74, 6) is 0.866. The second-order valence-corrected chi connectivity index (χ2v) is 7.97. The zero-order chi connectivity index (χ0) is 18.9. The summed E-state index contributed by atoms with van der Waals surface area (Å²) in [5.41, 5.74) is 2.55. The Hall–Kier alpha value is -2.08. The van der Waals surface area contributed by atoms with Gasteiger partial charge in [0.15, 0.2) is 11.1 Å². The number of hydrogen-bond donors (Lipinski definition) is 2. The molecule has 5 nitrogen and oxygen atoms in total. The van der Waals surface area contributed by atoms with Crippen molar-refractivity contribution in [1.29, 1.82) is 0 Å². The molecule has 0 amide bonds. The Labute approximate surface area is 166 Å². The Bertz CT molecular complexity index is 706. The van der Waals surface area contributed by atoms with Crippen LogP contribution in [0.3, 0.4) is 0 Å². The maximum Gasteiger partial charge on any atom is 0.191 e. The number of guanidine groups is 1. The molecule has 0 saturated carbocycles. The van der Waals surface area contributed by atoms with Crippen LogP contribution in [0, 0.1) is 0 Å². The molecule has 1 atom stereocenters. The number of aryl methyl sites for hydroxylation is 1. The molecule has 0 bridgehead atoms. The molecule has 1 unspecified atom stereocenters. The van der Waals surface area contributed by atoms with Crippen molar-refractivity contribution in [2.24, 2.45) is 4.99 Å². The van der Waals surface area contributed by atoms with Crippen LogP contribution in [0.1, 0.15) is 37.4 Å². The molecule has 0 radical (unpaired) electrons. The van der Waals surface area contributed by atoms with E-state index in [0.717, 1.165) is 44.9 Å². The van der Waals surface area contributed by atoms with Crippen molar-refractivity contribution >= 4 is 22.4 Å². The normalized spacial score (nSPS) is 15.8. The molecule has 6 heteroatoms. The van der Waals surface area contributed by atoms with Crippen LogP contribution in [0.15, 0.2) is 40.7 Å². The van der Waals surface area contributed by atoms with Crippen LogP contribution in [-0.2, 0) is 12.8 Å². The van der Waals surface area contributed by atoms with Crippen molar-refractivity contribution in [3.63, 3.8) is 0 Å². The highest BCUT2D eigenvalue weighted by Crippen LogP contribution is 2.24. The Balaban J connectivity index is 1.37. The van der Waals surface area contributed by atoms with Crippen LogP contribution in [0.4, 0.5) is 5.13 Å². The number of aromatic nitrogens is 1. The van der Waals surface area contributed by atoms with Crippen molar-refractivity contribution in [1.82, 2.24) is 15.6 Å². The third-order valence-electron chi connectivity index (χ3n) is 4.91. The van der Waals surface area contributed by atoms with Crippen LogP contribution >= 0.6 is 11.3 Å². The molecule has 1 aliphatic rings. The first kappa shape index (κ1) is 19.7. The summed E-state index contributed by atoms with van der Waals surface area (Å²) in [4.78, 5) is 11.5. The molecule has 1 fully saturated rings. The molecule has 2 heterocycles. The lowest BCUT2D eigenvalue weighted by Gasteiger charge is -2.18. The highest BCUT2D eigenvalue weighted by molar-refractivity contribution is 7.13. The summed E-state index contributed by atoms with van der Waals surface area (Å²) in [7, 11) is 1.83. The van der Waals surface area contributed by atoms with E-state index >= 15 is 0 Å². The predicted molar refractivity (Wildman–Crippen MR) is 116 cm³/mol. The summed E-state index contributed by atoms with van der Waals surface area (Å²) < 4.78 is 0. The van der Waals surface area contributed by atoms with E-state index < -0.39 is 0 Å². The van der Waals surface area contributed by atoms with Crippen molar-refractivity contribution < 1.29 is 0 Å². The standard InChI is InChI=1S/C21H31N5S/c1-17(10-11-18-8-4-3-5-9-18)24-20(22-2)23-13-12-19-16-27-21(25-19)26-14-6-7-15-26/h3-5,8-9,16-17H,6-7,10-15H2,1-2H3,(H2,22,23,24). The maximum atomic E-state index is 4.78. The second kappa shape index (κ2) is 10.3. The fourth-order valence-electron chi connectivity index (χ4n) is 3.30. The molecular formula is C21H31N5S. The van der Waals surface area contributed by atoms with Gasteiger partial charge in [-0.3, -0.25) is 4.99 Å². The first-order valence-corrected chi connectivity index (χ1v) is 10.8. The SMILES string of the molecule is CN=C(NCCc1csc(N2CCCC2)n1)NC(C)CCc1ccccc1. The van der Waals surface area contributed by atoms with E-state index in [0.29, 0.717) is 6.04 Å². The average Bonchev–Trinajstić information content (AvgIpc) is 3.38. The monoisotopic (exact) mass is 385 g/mol. The van der Waals surface area contributed by atoms with Gasteiger partial charge in [0.1, 0.15) is 0 Å². The van der Waals surface area contributed by atoms with Crippen LogP contribution < -0.4 is 15.5 Å². The van der Waals surface area contributed by atoms with Crippen LogP contribution in [0.5, 0.6) is 0 Å². The second-order valence-electron chi connectivity index (χ2n) is 7.13. The van der Waals surface area contributed by atoms with E-state index in [9.17, 15) is 0 Å². The fourth-order valence-corrected chi connectivity index (χ4v) is 4.22. The van der Waals surface area contributed by atoms with E-state index in [-0.39, 0.29) is 0 Å². The van der Waals surface area contributed by atoms with Crippen LogP contribution in [0.2, 0.25) is 0 Å². The minimum absolute atomic E-state index is 0.373. The van der Waals surface area contributed by atoms with Crippen molar-refractivity contribution in [3.8, 4) is 0 Å². The molecular weight excluding hydrogens is 354 g/mol. The first-order chi connectivity index (χ1) is 13.2. The lowest BCUT2D eigenvalue weighted by Crippen LogP contribution is -2.43.